The van der Waals surface area contributed by atoms with E-state index in [1.165, 1.54) is 12.5 Å². The van der Waals surface area contributed by atoms with Crippen LogP contribution in [0.15, 0.2) is 96.3 Å². The van der Waals surface area contributed by atoms with Gasteiger partial charge in [0.15, 0.2) is 5.78 Å². The number of ketones is 2. The summed E-state index contributed by atoms with van der Waals surface area (Å²) >= 11 is 4.95. The highest BCUT2D eigenvalue weighted by Crippen LogP contribution is 2.42. The van der Waals surface area contributed by atoms with Crippen LogP contribution in [-0.2, 0) is 70.2 Å². The molecule has 6 heterocycles. The van der Waals surface area contributed by atoms with Crippen LogP contribution < -0.4 is 10.6 Å². The van der Waals surface area contributed by atoms with Gasteiger partial charge in [-0.25, -0.2) is 4.79 Å². The van der Waals surface area contributed by atoms with Crippen molar-refractivity contribution in [1.29, 1.82) is 0 Å². The summed E-state index contributed by atoms with van der Waals surface area (Å²) in [7, 11) is 1.96. The number of piperidine rings is 1. The molecule has 1 unspecified atom stereocenters. The van der Waals surface area contributed by atoms with Gasteiger partial charge in [-0.05, 0) is 104 Å². The van der Waals surface area contributed by atoms with Gasteiger partial charge in [0.05, 0.1) is 51.8 Å². The molecule has 3 fully saturated rings. The number of anilines is 1. The predicted octanol–water partition coefficient (Wildman–Crippen LogP) is 7.83. The first kappa shape index (κ1) is 52.8. The number of pyridine rings is 1. The van der Waals surface area contributed by atoms with Gasteiger partial charge in [-0.2, -0.15) is 0 Å². The molecule has 390 valence electrons. The van der Waals surface area contributed by atoms with Crippen molar-refractivity contribution in [1.82, 2.24) is 33.5 Å². The van der Waals surface area contributed by atoms with Crippen molar-refractivity contribution in [2.24, 2.45) is 18.9 Å². The highest BCUT2D eigenvalue weighted by molar-refractivity contribution is 14.2. The number of aryl methyl sites for hydroxylation is 1. The summed E-state index contributed by atoms with van der Waals surface area (Å²) in [6.07, 6.45) is 10.7. The van der Waals surface area contributed by atoms with E-state index >= 15 is 0 Å². The summed E-state index contributed by atoms with van der Waals surface area (Å²) in [4.78, 5) is 58.2. The van der Waals surface area contributed by atoms with Gasteiger partial charge in [-0.3, -0.25) is 23.6 Å². The third-order valence-corrected chi connectivity index (χ3v) is 16.9. The zero-order chi connectivity index (χ0) is 51.6. The lowest BCUT2D eigenvalue weighted by Gasteiger charge is -2.41. The number of rotatable bonds is 21. The lowest BCUT2D eigenvalue weighted by molar-refractivity contribution is -0.117. The van der Waals surface area contributed by atoms with Gasteiger partial charge in [0.25, 0.3) is 0 Å². The van der Waals surface area contributed by atoms with Crippen LogP contribution in [0.2, 0.25) is 0 Å². The highest BCUT2D eigenvalue weighted by atomic mass is 127. The Morgan fingerprint density at radius 2 is 1.64 bits per heavy atom. The van der Waals surface area contributed by atoms with E-state index in [4.69, 9.17) is 14.2 Å². The minimum atomic E-state index is -0.420. The Bertz CT molecular complexity index is 3030. The van der Waals surface area contributed by atoms with Gasteiger partial charge in [0.1, 0.15) is 24.2 Å². The Morgan fingerprint density at radius 3 is 2.32 bits per heavy atom. The van der Waals surface area contributed by atoms with E-state index in [9.17, 15) is 19.2 Å². The van der Waals surface area contributed by atoms with Crippen molar-refractivity contribution < 1.29 is 28.6 Å². The molecule has 1 aliphatic carbocycles. The molecule has 6 aromatic rings. The third kappa shape index (κ3) is 11.8. The fourth-order valence-electron chi connectivity index (χ4n) is 11.3. The molecule has 0 bridgehead atoms. The average molecular weight is 1230 g/mol. The van der Waals surface area contributed by atoms with Gasteiger partial charge >= 0.3 is 5.69 Å². The van der Waals surface area contributed by atoms with Crippen molar-refractivity contribution in [3.63, 3.8) is 0 Å². The number of Topliss-reactive ketones (excluding diaryl/α,β-unsaturated/α-hetero) is 2. The van der Waals surface area contributed by atoms with Gasteiger partial charge in [-0.1, -0.05) is 81.6 Å². The topological polar surface area (TPSA) is 146 Å². The van der Waals surface area contributed by atoms with Crippen LogP contribution in [0.3, 0.4) is 0 Å². The number of aldehydes is 1. The predicted molar refractivity (Wildman–Crippen MR) is 301 cm³/mol. The van der Waals surface area contributed by atoms with Crippen molar-refractivity contribution in [2.75, 3.05) is 70.6 Å². The van der Waals surface area contributed by atoms with Crippen LogP contribution in [0.1, 0.15) is 89.1 Å². The van der Waals surface area contributed by atoms with Crippen LogP contribution in [0, 0.1) is 11.8 Å². The summed E-state index contributed by atoms with van der Waals surface area (Å²) in [5.74, 6) is 0.188. The number of imidazole rings is 1. The molecule has 3 aromatic carbocycles. The van der Waals surface area contributed by atoms with Crippen LogP contribution >= 0.6 is 45.2 Å². The fraction of sp³-hybridized carbons (Fsp3) is 0.474. The van der Waals surface area contributed by atoms with E-state index in [0.29, 0.717) is 58.7 Å². The lowest BCUT2D eigenvalue weighted by atomic mass is 9.75. The first-order chi connectivity index (χ1) is 35.7. The number of halogens is 2. The number of benzene rings is 3. The average Bonchev–Trinajstić information content (AvgIpc) is 4.06. The van der Waals surface area contributed by atoms with Crippen LogP contribution in [0.5, 0.6) is 0 Å². The molecule has 2 atom stereocenters. The number of piperazine rings is 1. The maximum Gasteiger partial charge on any atom is 0.337 e. The summed E-state index contributed by atoms with van der Waals surface area (Å²) in [6, 6.07) is 25.4. The number of likely N-dealkylation sites (tertiary alicyclic amines) is 1. The Kier molecular flexibility index (Phi) is 16.3. The normalized spacial score (nSPS) is 19.0. The van der Waals surface area contributed by atoms with Gasteiger partial charge < -0.3 is 33.3 Å². The maximum atomic E-state index is 14.3. The number of nitrogens with zero attached hydrogens (tertiary/aromatic N) is 8. The minimum Gasteiger partial charge on any atom is -0.379 e. The quantitative estimate of drug-likeness (QED) is 0.0300. The fourth-order valence-corrected chi connectivity index (χ4v) is 12.1. The van der Waals surface area contributed by atoms with E-state index in [0.717, 1.165) is 128 Å². The zero-order valence-corrected chi connectivity index (χ0v) is 46.9. The molecule has 17 heteroatoms. The van der Waals surface area contributed by atoms with Gasteiger partial charge in [-0.15, -0.1) is 10.2 Å². The molecule has 0 amide bonds. The number of hydrogen-bond acceptors (Lipinski definition) is 12. The zero-order valence-electron chi connectivity index (χ0n) is 42.6. The number of aromatic nitrogens is 5. The Labute approximate surface area is 460 Å². The van der Waals surface area contributed by atoms with E-state index < -0.39 is 5.92 Å². The second kappa shape index (κ2) is 22.9. The molecular weight excluding hydrogens is 1160 g/mol. The summed E-state index contributed by atoms with van der Waals surface area (Å²) in [5.41, 5.74) is 10.1. The molecule has 10 rings (SSSR count). The lowest BCUT2D eigenvalue weighted by Crippen LogP contribution is -2.49. The number of carbonyl (C=O) groups is 3. The van der Waals surface area contributed by atoms with Crippen LogP contribution in [-0.4, -0.2) is 123 Å². The molecule has 74 heavy (non-hydrogen) atoms. The standard InChI is InChI=1S/C57H66I2N8O7/c1-39(69)7-12-43(34-68)50-27-44-26-46(13-14-49(44)54(50)70)65-21-19-64(20-22-65)30-40-8-10-41(11-9-40)35-72-23-24-74-48-15-17-63(18-16-48)31-42-25-51(56(2,58)59)52-33-66(55(71)67(52)32-42)47-6-4-5-45(28-47)57(36-73-37-57)29-53-61-60-38-62(53)3/h4-6,8-11,13-14,25-26,28,32-34,38,43,48,50H,7,12,15-24,27,29-31,35-37H2,1-3H3/t43-,50?/m0/s1. The number of hydrogen-bond donors (Lipinski definition) is 0. The van der Waals surface area contributed by atoms with E-state index in [1.807, 2.05) is 52.7 Å². The summed E-state index contributed by atoms with van der Waals surface area (Å²) in [6.45, 7) is 13.7. The van der Waals surface area contributed by atoms with Crippen molar-refractivity contribution in [3.05, 3.63) is 147 Å². The number of alkyl halides is 2. The molecule has 0 spiro atoms. The Morgan fingerprint density at radius 1 is 0.892 bits per heavy atom. The van der Waals surface area contributed by atoms with Crippen molar-refractivity contribution >= 4 is 74.2 Å². The molecule has 3 aromatic heterocycles. The summed E-state index contributed by atoms with van der Waals surface area (Å²) in [5, 5.41) is 8.43. The smallest absolute Gasteiger partial charge is 0.337 e. The maximum absolute atomic E-state index is 14.3. The Balaban J connectivity index is 0.655. The van der Waals surface area contributed by atoms with Crippen molar-refractivity contribution in [2.45, 2.75) is 85.0 Å². The molecular formula is C57H66I2N8O7. The second-order valence-corrected chi connectivity index (χ2v) is 27.5. The Hall–Kier alpha value is -4.64. The van der Waals surface area contributed by atoms with E-state index in [2.05, 4.69) is 126 Å². The monoisotopic (exact) mass is 1230 g/mol. The molecule has 3 aliphatic heterocycles. The molecule has 15 nitrogen and oxygen atoms in total. The van der Waals surface area contributed by atoms with E-state index in [1.54, 1.807) is 10.9 Å². The molecule has 0 N–H and O–H groups in total. The first-order valence-corrected chi connectivity index (χ1v) is 28.1. The number of carbonyl (C=O) groups excluding carboxylic acids is 3. The molecule has 4 aliphatic rings. The van der Waals surface area contributed by atoms with Gasteiger partial charge in [0, 0.05) is 119 Å². The first-order valence-electron chi connectivity index (χ1n) is 26.0. The third-order valence-electron chi connectivity index (χ3n) is 15.7. The van der Waals surface area contributed by atoms with Crippen LogP contribution in [0.4, 0.5) is 5.69 Å². The summed E-state index contributed by atoms with van der Waals surface area (Å²) < 4.78 is 23.5. The second-order valence-electron chi connectivity index (χ2n) is 21.1. The van der Waals surface area contributed by atoms with Crippen molar-refractivity contribution in [3.8, 4) is 5.69 Å². The largest absolute Gasteiger partial charge is 0.379 e. The van der Waals surface area contributed by atoms with Crippen LogP contribution in [0.25, 0.3) is 11.2 Å². The minimum absolute atomic E-state index is 0.0298. The SMILES string of the molecule is CC(=O)CC[C@@H](C=O)C1Cc2cc(N3CCN(Cc4ccc(COCCOC5CCN(Cc6cc(C(C)(I)I)c7cn(-c8cccc(C9(Cc%10nncn%10C)COC9)c8)c(=O)n7c6)CC5)cc4)CC3)ccc2C1=O. The van der Waals surface area contributed by atoms with E-state index in [-0.39, 0.29) is 36.1 Å². The highest BCUT2D eigenvalue weighted by Gasteiger charge is 2.42. The molecule has 0 saturated carbocycles. The molecule has 3 saturated heterocycles. The van der Waals surface area contributed by atoms with Gasteiger partial charge in [0.2, 0.25) is 0 Å². The number of fused-ring (bicyclic) bond motifs is 2. The molecule has 0 radical (unpaired) electrons. The number of ether oxygens (including phenoxy) is 3.